The van der Waals surface area contributed by atoms with Crippen molar-refractivity contribution < 1.29 is 9.90 Å². The molecule has 2 unspecified atom stereocenters. The largest absolute Gasteiger partial charge is 0.391 e. The fourth-order valence-corrected chi connectivity index (χ4v) is 5.07. The zero-order chi connectivity index (χ0) is 21.4. The van der Waals surface area contributed by atoms with Gasteiger partial charge in [-0.05, 0) is 42.7 Å². The van der Waals surface area contributed by atoms with Crippen molar-refractivity contribution >= 4 is 38.2 Å². The molecule has 5 rings (SSSR count). The van der Waals surface area contributed by atoms with Crippen LogP contribution in [0.15, 0.2) is 36.5 Å². The number of hydrogen-bond acceptors (Lipinski definition) is 7. The van der Waals surface area contributed by atoms with Crippen LogP contribution in [0, 0.1) is 0 Å². The second-order valence-corrected chi connectivity index (χ2v) is 8.95. The molecule has 0 aliphatic heterocycles. The Bertz CT molecular complexity index is 1250. The van der Waals surface area contributed by atoms with Crippen LogP contribution in [0.2, 0.25) is 0 Å². The summed E-state index contributed by atoms with van der Waals surface area (Å²) in [5.74, 6) is -0.226. The first kappa shape index (κ1) is 19.9. The lowest BCUT2D eigenvalue weighted by molar-refractivity contribution is 0.0956. The molecule has 3 heterocycles. The van der Waals surface area contributed by atoms with Crippen LogP contribution in [-0.4, -0.2) is 49.8 Å². The normalized spacial score (nSPS) is 19.0. The van der Waals surface area contributed by atoms with Gasteiger partial charge in [0, 0.05) is 13.5 Å². The first-order valence-corrected chi connectivity index (χ1v) is 11.3. The number of carbonyl (C=O) groups excluding carboxylic acids is 1. The lowest BCUT2D eigenvalue weighted by Gasteiger charge is -2.27. The van der Waals surface area contributed by atoms with Crippen molar-refractivity contribution in [1.29, 1.82) is 0 Å². The third-order valence-electron chi connectivity index (χ3n) is 5.77. The van der Waals surface area contributed by atoms with Crippen LogP contribution in [0.3, 0.4) is 0 Å². The van der Waals surface area contributed by atoms with Crippen molar-refractivity contribution in [3.8, 4) is 0 Å². The number of hydrogen-bond donors (Lipinski definition) is 3. The molecule has 0 radical (unpaired) electrons. The quantitative estimate of drug-likeness (QED) is 0.444. The number of nitrogens with zero attached hydrogens (tertiary/aromatic N) is 4. The molecule has 31 heavy (non-hydrogen) atoms. The van der Waals surface area contributed by atoms with E-state index in [1.165, 1.54) is 0 Å². The van der Waals surface area contributed by atoms with Gasteiger partial charge in [0.2, 0.25) is 0 Å². The van der Waals surface area contributed by atoms with Gasteiger partial charge in [-0.1, -0.05) is 30.2 Å². The van der Waals surface area contributed by atoms with Gasteiger partial charge in [0.05, 0.1) is 34.3 Å². The maximum Gasteiger partial charge on any atom is 0.271 e. The van der Waals surface area contributed by atoms with Gasteiger partial charge in [-0.15, -0.1) is 0 Å². The molecule has 1 amide bonds. The molecular formula is C22H24N6O2S. The summed E-state index contributed by atoms with van der Waals surface area (Å²) in [6.45, 7) is 0. The number of nitrogens with one attached hydrogen (secondary N) is 2. The monoisotopic (exact) mass is 436 g/mol. The van der Waals surface area contributed by atoms with Crippen LogP contribution in [-0.2, 0) is 6.42 Å². The number of aliphatic hydroxyl groups excluding tert-OH is 1. The van der Waals surface area contributed by atoms with Crippen molar-refractivity contribution in [2.24, 2.45) is 0 Å². The number of imidazole rings is 1. The van der Waals surface area contributed by atoms with Gasteiger partial charge in [-0.3, -0.25) is 4.79 Å². The summed E-state index contributed by atoms with van der Waals surface area (Å²) in [7, 11) is 1.59. The van der Waals surface area contributed by atoms with Gasteiger partial charge in [-0.25, -0.2) is 14.5 Å². The molecule has 3 aromatic heterocycles. The Morgan fingerprint density at radius 1 is 1.26 bits per heavy atom. The molecule has 0 spiro atoms. The molecular weight excluding hydrogens is 412 g/mol. The molecule has 1 fully saturated rings. The van der Waals surface area contributed by atoms with E-state index in [0.717, 1.165) is 52.3 Å². The highest BCUT2D eigenvalue weighted by atomic mass is 32.1. The minimum atomic E-state index is -0.307. The maximum absolute atomic E-state index is 11.9. The molecule has 1 saturated carbocycles. The molecule has 3 N–H and O–H groups in total. The summed E-state index contributed by atoms with van der Waals surface area (Å²) >= 11 is 1.61. The summed E-state index contributed by atoms with van der Waals surface area (Å²) in [5, 5.41) is 21.5. The summed E-state index contributed by atoms with van der Waals surface area (Å²) in [5.41, 5.74) is 4.04. The summed E-state index contributed by atoms with van der Waals surface area (Å²) in [6.07, 6.45) is 6.18. The minimum Gasteiger partial charge on any atom is -0.391 e. The van der Waals surface area contributed by atoms with E-state index in [1.54, 1.807) is 41.2 Å². The van der Waals surface area contributed by atoms with Gasteiger partial charge >= 0.3 is 0 Å². The number of aliphatic hydroxyl groups is 1. The zero-order valence-corrected chi connectivity index (χ0v) is 18.0. The Kier molecular flexibility index (Phi) is 5.29. The Balaban J connectivity index is 1.39. The van der Waals surface area contributed by atoms with Gasteiger partial charge in [-0.2, -0.15) is 5.10 Å². The van der Waals surface area contributed by atoms with E-state index in [2.05, 4.69) is 32.8 Å². The molecule has 9 heteroatoms. The van der Waals surface area contributed by atoms with Crippen LogP contribution in [0.5, 0.6) is 0 Å². The number of carbonyl (C=O) groups is 1. The third kappa shape index (κ3) is 3.98. The molecule has 1 aliphatic rings. The molecule has 4 aromatic rings. The Labute approximate surface area is 183 Å². The molecule has 1 aliphatic carbocycles. The van der Waals surface area contributed by atoms with Gasteiger partial charge in [0.1, 0.15) is 5.69 Å². The lowest BCUT2D eigenvalue weighted by Crippen LogP contribution is -2.36. The second-order valence-electron chi connectivity index (χ2n) is 7.92. The average molecular weight is 437 g/mol. The first-order valence-electron chi connectivity index (χ1n) is 10.5. The van der Waals surface area contributed by atoms with Crippen molar-refractivity contribution in [1.82, 2.24) is 24.9 Å². The van der Waals surface area contributed by atoms with Gasteiger partial charge in [0.25, 0.3) is 5.91 Å². The van der Waals surface area contributed by atoms with Crippen LogP contribution in [0.4, 0.5) is 5.13 Å². The smallest absolute Gasteiger partial charge is 0.271 e. The highest BCUT2D eigenvalue weighted by molar-refractivity contribution is 7.22. The van der Waals surface area contributed by atoms with E-state index in [4.69, 9.17) is 4.98 Å². The predicted octanol–water partition coefficient (Wildman–Crippen LogP) is 3.00. The highest BCUT2D eigenvalue weighted by Crippen LogP contribution is 2.30. The van der Waals surface area contributed by atoms with E-state index in [9.17, 15) is 9.90 Å². The highest BCUT2D eigenvalue weighted by Gasteiger charge is 2.23. The topological polar surface area (TPSA) is 104 Å². The number of benzene rings is 1. The first-order chi connectivity index (χ1) is 15.1. The lowest BCUT2D eigenvalue weighted by atomic mass is 9.93. The van der Waals surface area contributed by atoms with Crippen LogP contribution < -0.4 is 10.6 Å². The number of aromatic nitrogens is 4. The number of thiazole rings is 1. The Hall–Kier alpha value is -3.04. The Morgan fingerprint density at radius 2 is 2.13 bits per heavy atom. The second kappa shape index (κ2) is 8.24. The van der Waals surface area contributed by atoms with Gasteiger partial charge < -0.3 is 15.7 Å². The van der Waals surface area contributed by atoms with Crippen molar-refractivity contribution in [3.63, 3.8) is 0 Å². The molecule has 2 atom stereocenters. The van der Waals surface area contributed by atoms with E-state index in [0.29, 0.717) is 17.8 Å². The summed E-state index contributed by atoms with van der Waals surface area (Å²) < 4.78 is 2.82. The van der Waals surface area contributed by atoms with E-state index >= 15 is 0 Å². The fourth-order valence-electron chi connectivity index (χ4n) is 4.08. The van der Waals surface area contributed by atoms with Crippen molar-refractivity contribution in [2.45, 2.75) is 44.2 Å². The minimum absolute atomic E-state index is 0.0764. The van der Waals surface area contributed by atoms with Crippen LogP contribution >= 0.6 is 11.3 Å². The van der Waals surface area contributed by atoms with E-state index in [1.807, 2.05) is 6.07 Å². The zero-order valence-electron chi connectivity index (χ0n) is 17.2. The third-order valence-corrected chi connectivity index (χ3v) is 6.72. The van der Waals surface area contributed by atoms with Crippen molar-refractivity contribution in [3.05, 3.63) is 53.5 Å². The SMILES string of the molecule is CNC(=O)c1ccc2ncc(Cc3ccc4nc(NC5CCCCC5O)sc4c3)n2n1. The number of anilines is 1. The molecule has 0 saturated heterocycles. The number of rotatable bonds is 5. The van der Waals surface area contributed by atoms with E-state index in [-0.39, 0.29) is 18.1 Å². The molecule has 160 valence electrons. The van der Waals surface area contributed by atoms with E-state index < -0.39 is 0 Å². The standard InChI is InChI=1S/C22H24N6O2S/c1-23-21(30)17-8-9-20-24-12-14(28(20)27-17)10-13-6-7-16-19(11-13)31-22(26-16)25-15-4-2-3-5-18(15)29/h6-9,11-12,15,18,29H,2-5,10H2,1H3,(H,23,30)(H,25,26). The average Bonchev–Trinajstić information content (AvgIpc) is 3.37. The maximum atomic E-state index is 11.9. The number of amides is 1. The fraction of sp³-hybridized carbons (Fsp3) is 0.364. The van der Waals surface area contributed by atoms with Crippen LogP contribution in [0.1, 0.15) is 47.4 Å². The van der Waals surface area contributed by atoms with Gasteiger partial charge in [0.15, 0.2) is 10.8 Å². The van der Waals surface area contributed by atoms with Crippen LogP contribution in [0.25, 0.3) is 15.9 Å². The molecule has 1 aromatic carbocycles. The number of fused-ring (bicyclic) bond motifs is 2. The summed E-state index contributed by atoms with van der Waals surface area (Å²) in [4.78, 5) is 21.0. The molecule has 8 nitrogen and oxygen atoms in total. The Morgan fingerprint density at radius 3 is 2.97 bits per heavy atom. The predicted molar refractivity (Wildman–Crippen MR) is 121 cm³/mol. The molecule has 0 bridgehead atoms. The summed E-state index contributed by atoms with van der Waals surface area (Å²) in [6, 6.07) is 9.77. The van der Waals surface area contributed by atoms with Crippen molar-refractivity contribution in [2.75, 3.05) is 12.4 Å².